The van der Waals surface area contributed by atoms with Crippen molar-refractivity contribution in [1.29, 1.82) is 0 Å². The zero-order chi connectivity index (χ0) is 19.7. The van der Waals surface area contributed by atoms with E-state index < -0.39 is 12.1 Å². The summed E-state index contributed by atoms with van der Waals surface area (Å²) in [6, 6.07) is 11.0. The van der Waals surface area contributed by atoms with Gasteiger partial charge in [0.05, 0.1) is 16.9 Å². The van der Waals surface area contributed by atoms with Crippen LogP contribution in [-0.2, 0) is 0 Å². The van der Waals surface area contributed by atoms with Gasteiger partial charge in [0.15, 0.2) is 0 Å². The number of nitrogens with zero attached hydrogens (tertiary/aromatic N) is 3. The summed E-state index contributed by atoms with van der Waals surface area (Å²) in [5.41, 5.74) is 8.38. The lowest BCUT2D eigenvalue weighted by atomic mass is 10.1. The van der Waals surface area contributed by atoms with Crippen LogP contribution in [0.1, 0.15) is 12.8 Å². The smallest absolute Gasteiger partial charge is 0.405 e. The third kappa shape index (κ3) is 3.73. The fraction of sp³-hybridized carbons (Fsp3) is 0.263. The molecule has 0 aliphatic carbocycles. The molecule has 1 saturated heterocycles. The lowest BCUT2D eigenvalue weighted by Crippen LogP contribution is -2.18. The molecule has 3 aromatic rings. The first kappa shape index (κ1) is 18.1. The normalized spacial score (nSPS) is 14.5. The maximum absolute atomic E-state index is 12.6. The molecule has 0 bridgehead atoms. The molecule has 1 aliphatic heterocycles. The van der Waals surface area contributed by atoms with Crippen LogP contribution in [0.2, 0.25) is 0 Å². The molecule has 0 atom stereocenters. The predicted molar refractivity (Wildman–Crippen MR) is 97.7 cm³/mol. The van der Waals surface area contributed by atoms with Crippen LogP contribution in [0.4, 0.5) is 24.5 Å². The van der Waals surface area contributed by atoms with Crippen LogP contribution < -0.4 is 15.4 Å². The average molecular weight is 390 g/mol. The molecule has 9 heteroatoms. The topological polar surface area (TPSA) is 77.4 Å². The van der Waals surface area contributed by atoms with Gasteiger partial charge >= 0.3 is 6.36 Å². The Kier molecular flexibility index (Phi) is 4.58. The maximum Gasteiger partial charge on any atom is 0.573 e. The molecule has 1 aromatic heterocycles. The summed E-state index contributed by atoms with van der Waals surface area (Å²) < 4.78 is 47.1. The number of anilines is 2. The van der Waals surface area contributed by atoms with E-state index in [0.29, 0.717) is 11.3 Å². The van der Waals surface area contributed by atoms with Gasteiger partial charge in [-0.05, 0) is 43.2 Å². The van der Waals surface area contributed by atoms with Crippen molar-refractivity contribution < 1.29 is 22.4 Å². The van der Waals surface area contributed by atoms with Gasteiger partial charge in [0.1, 0.15) is 5.75 Å². The number of rotatable bonds is 4. The fourth-order valence-corrected chi connectivity index (χ4v) is 3.25. The third-order valence-corrected chi connectivity index (χ3v) is 4.50. The molecule has 6 nitrogen and oxygen atoms in total. The van der Waals surface area contributed by atoms with Crippen LogP contribution in [0.25, 0.3) is 22.8 Å². The minimum atomic E-state index is -4.82. The number of ether oxygens (including phenoxy) is 1. The Morgan fingerprint density at radius 3 is 2.54 bits per heavy atom. The molecular weight excluding hydrogens is 373 g/mol. The highest BCUT2D eigenvalue weighted by atomic mass is 19.4. The van der Waals surface area contributed by atoms with Crippen molar-refractivity contribution in [3.05, 3.63) is 42.5 Å². The van der Waals surface area contributed by atoms with E-state index in [0.717, 1.165) is 31.6 Å². The summed E-state index contributed by atoms with van der Waals surface area (Å²) >= 11 is 0. The van der Waals surface area contributed by atoms with Gasteiger partial charge in [-0.15, -0.1) is 13.2 Å². The number of nitrogen functional groups attached to an aromatic ring is 1. The fourth-order valence-electron chi connectivity index (χ4n) is 3.25. The number of aromatic nitrogens is 2. The standard InChI is InChI=1S/C19H17F3N4O2/c20-19(21,22)27-16-6-2-1-5-13(16)17-24-18(28-25-17)12-7-8-15(14(23)11-12)26-9-3-4-10-26/h1-2,5-8,11H,3-4,9-10,23H2. The highest BCUT2D eigenvalue weighted by Crippen LogP contribution is 2.35. The van der Waals surface area contributed by atoms with Gasteiger partial charge in [-0.1, -0.05) is 17.3 Å². The Labute approximate surface area is 158 Å². The molecule has 0 spiro atoms. The van der Waals surface area contributed by atoms with Crippen molar-refractivity contribution >= 4 is 11.4 Å². The zero-order valence-electron chi connectivity index (χ0n) is 14.7. The molecule has 2 aromatic carbocycles. The van der Waals surface area contributed by atoms with Crippen LogP contribution in [0.5, 0.6) is 5.75 Å². The lowest BCUT2D eigenvalue weighted by Gasteiger charge is -2.19. The van der Waals surface area contributed by atoms with E-state index in [4.69, 9.17) is 10.3 Å². The largest absolute Gasteiger partial charge is 0.573 e. The van der Waals surface area contributed by atoms with Crippen molar-refractivity contribution in [2.24, 2.45) is 0 Å². The van der Waals surface area contributed by atoms with E-state index in [2.05, 4.69) is 19.8 Å². The molecule has 0 saturated carbocycles. The van der Waals surface area contributed by atoms with Crippen molar-refractivity contribution in [2.45, 2.75) is 19.2 Å². The first-order chi connectivity index (χ1) is 13.4. The van der Waals surface area contributed by atoms with Gasteiger partial charge in [-0.3, -0.25) is 0 Å². The number of nitrogens with two attached hydrogens (primary N) is 1. The van der Waals surface area contributed by atoms with Crippen LogP contribution in [0, 0.1) is 0 Å². The molecule has 0 radical (unpaired) electrons. The summed E-state index contributed by atoms with van der Waals surface area (Å²) in [6.07, 6.45) is -2.55. The Morgan fingerprint density at radius 2 is 1.82 bits per heavy atom. The molecule has 1 aliphatic rings. The number of halogens is 3. The first-order valence-corrected chi connectivity index (χ1v) is 8.74. The molecule has 28 heavy (non-hydrogen) atoms. The van der Waals surface area contributed by atoms with Gasteiger partial charge < -0.3 is 19.9 Å². The Bertz CT molecular complexity index is 981. The second kappa shape index (κ2) is 7.06. The van der Waals surface area contributed by atoms with Crippen LogP contribution in [-0.4, -0.2) is 29.6 Å². The Hall–Kier alpha value is -3.23. The third-order valence-electron chi connectivity index (χ3n) is 4.50. The Balaban J connectivity index is 1.63. The van der Waals surface area contributed by atoms with Gasteiger partial charge in [-0.25, -0.2) is 0 Å². The van der Waals surface area contributed by atoms with Gasteiger partial charge in [0, 0.05) is 18.7 Å². The van der Waals surface area contributed by atoms with Crippen molar-refractivity contribution in [1.82, 2.24) is 10.1 Å². The summed E-state index contributed by atoms with van der Waals surface area (Å²) in [4.78, 5) is 6.43. The van der Waals surface area contributed by atoms with Gasteiger partial charge in [0.25, 0.3) is 5.89 Å². The summed E-state index contributed by atoms with van der Waals surface area (Å²) in [5, 5.41) is 3.80. The number of hydrogen-bond acceptors (Lipinski definition) is 6. The molecule has 146 valence electrons. The van der Waals surface area contributed by atoms with E-state index in [9.17, 15) is 13.2 Å². The highest BCUT2D eigenvalue weighted by Gasteiger charge is 2.32. The van der Waals surface area contributed by atoms with E-state index >= 15 is 0 Å². The maximum atomic E-state index is 12.6. The second-order valence-corrected chi connectivity index (χ2v) is 6.43. The minimum Gasteiger partial charge on any atom is -0.405 e. The van der Waals surface area contributed by atoms with Gasteiger partial charge in [0.2, 0.25) is 5.82 Å². The van der Waals surface area contributed by atoms with E-state index in [-0.39, 0.29) is 17.3 Å². The number of hydrogen-bond donors (Lipinski definition) is 1. The highest BCUT2D eigenvalue weighted by molar-refractivity contribution is 5.75. The van der Waals surface area contributed by atoms with Crippen LogP contribution >= 0.6 is 0 Å². The summed E-state index contributed by atoms with van der Waals surface area (Å²) in [5.74, 6) is -0.236. The summed E-state index contributed by atoms with van der Waals surface area (Å²) in [7, 11) is 0. The molecule has 4 rings (SSSR count). The molecule has 2 N–H and O–H groups in total. The first-order valence-electron chi connectivity index (χ1n) is 8.74. The second-order valence-electron chi connectivity index (χ2n) is 6.43. The van der Waals surface area contributed by atoms with Crippen molar-refractivity contribution in [2.75, 3.05) is 23.7 Å². The van der Waals surface area contributed by atoms with Crippen LogP contribution in [0.3, 0.4) is 0 Å². The minimum absolute atomic E-state index is 0.00274. The average Bonchev–Trinajstić information content (AvgIpc) is 3.33. The number of para-hydroxylation sites is 1. The Morgan fingerprint density at radius 1 is 1.07 bits per heavy atom. The van der Waals surface area contributed by atoms with E-state index in [1.807, 2.05) is 6.07 Å². The predicted octanol–water partition coefficient (Wildman–Crippen LogP) is 4.48. The SMILES string of the molecule is Nc1cc(-c2nc(-c3ccccc3OC(F)(F)F)no2)ccc1N1CCCC1. The molecule has 0 amide bonds. The van der Waals surface area contributed by atoms with Crippen molar-refractivity contribution in [3.8, 4) is 28.6 Å². The lowest BCUT2D eigenvalue weighted by molar-refractivity contribution is -0.274. The summed E-state index contributed by atoms with van der Waals surface area (Å²) in [6.45, 7) is 1.93. The van der Waals surface area contributed by atoms with Gasteiger partial charge in [-0.2, -0.15) is 4.98 Å². The molecular formula is C19H17F3N4O2. The molecule has 1 fully saturated rings. The van der Waals surface area contributed by atoms with E-state index in [1.165, 1.54) is 18.2 Å². The zero-order valence-corrected chi connectivity index (χ0v) is 14.7. The van der Waals surface area contributed by atoms with Crippen LogP contribution in [0.15, 0.2) is 47.0 Å². The number of benzene rings is 2. The van der Waals surface area contributed by atoms with Crippen molar-refractivity contribution in [3.63, 3.8) is 0 Å². The number of alkyl halides is 3. The molecule has 0 unspecified atom stereocenters. The quantitative estimate of drug-likeness (QED) is 0.662. The monoisotopic (exact) mass is 390 g/mol. The van der Waals surface area contributed by atoms with E-state index in [1.54, 1.807) is 18.2 Å². The molecule has 2 heterocycles.